The fourth-order valence-corrected chi connectivity index (χ4v) is 9.81. The molecule has 3 fully saturated rings. The number of allylic oxidation sites excluding steroid dienone is 1. The molecule has 4 aliphatic rings. The summed E-state index contributed by atoms with van der Waals surface area (Å²) in [6, 6.07) is 0. The zero-order valence-corrected chi connectivity index (χ0v) is 23.3. The minimum atomic E-state index is -1.72. The van der Waals surface area contributed by atoms with Gasteiger partial charge in [-0.3, -0.25) is 0 Å². The molecule has 0 radical (unpaired) electrons. The Labute approximate surface area is 199 Å². The Bertz CT molecular complexity index is 775. The molecule has 0 aromatic heterocycles. The van der Waals surface area contributed by atoms with Crippen LogP contribution >= 0.6 is 0 Å². The first-order valence-corrected chi connectivity index (χ1v) is 16.3. The van der Waals surface area contributed by atoms with Crippen molar-refractivity contribution < 1.29 is 9.53 Å². The Balaban J connectivity index is 1.54. The van der Waals surface area contributed by atoms with Crippen LogP contribution in [0.1, 0.15) is 92.9 Å². The number of hydrogen-bond donors (Lipinski definition) is 1. The van der Waals surface area contributed by atoms with E-state index >= 15 is 0 Å². The van der Waals surface area contributed by atoms with Gasteiger partial charge in [-0.05, 0) is 111 Å². The third-order valence-electron chi connectivity index (χ3n) is 11.4. The summed E-state index contributed by atoms with van der Waals surface area (Å²) in [6.45, 7) is 22.9. The summed E-state index contributed by atoms with van der Waals surface area (Å²) >= 11 is 0. The molecule has 1 N–H and O–H groups in total. The lowest BCUT2D eigenvalue weighted by molar-refractivity contribution is -0.0849. The molecular formula is C29H50O2Si. The van der Waals surface area contributed by atoms with E-state index < -0.39 is 13.9 Å². The third kappa shape index (κ3) is 3.73. The van der Waals surface area contributed by atoms with Crippen molar-refractivity contribution in [3.05, 3.63) is 24.3 Å². The lowest BCUT2D eigenvalue weighted by atomic mass is 9.47. The van der Waals surface area contributed by atoms with Crippen LogP contribution in [0, 0.1) is 34.5 Å². The van der Waals surface area contributed by atoms with Gasteiger partial charge in [-0.15, -0.1) is 6.58 Å². The third-order valence-corrected chi connectivity index (χ3v) is 16.0. The highest BCUT2D eigenvalue weighted by molar-refractivity contribution is 6.74. The summed E-state index contributed by atoms with van der Waals surface area (Å²) < 4.78 is 6.88. The van der Waals surface area contributed by atoms with Crippen molar-refractivity contribution in [2.45, 2.75) is 123 Å². The first-order chi connectivity index (χ1) is 14.7. The Hall–Kier alpha value is -0.383. The fraction of sp³-hybridized carbons (Fsp3) is 0.862. The van der Waals surface area contributed by atoms with Crippen molar-refractivity contribution in [3.63, 3.8) is 0 Å². The van der Waals surface area contributed by atoms with Gasteiger partial charge in [-0.25, -0.2) is 0 Å². The van der Waals surface area contributed by atoms with Crippen LogP contribution in [0.25, 0.3) is 0 Å². The highest BCUT2D eigenvalue weighted by Gasteiger charge is 2.61. The van der Waals surface area contributed by atoms with Gasteiger partial charge >= 0.3 is 0 Å². The zero-order valence-electron chi connectivity index (χ0n) is 22.3. The predicted molar refractivity (Wildman–Crippen MR) is 138 cm³/mol. The largest absolute Gasteiger partial charge is 0.414 e. The quantitative estimate of drug-likeness (QED) is 0.343. The van der Waals surface area contributed by atoms with Crippen LogP contribution in [0.4, 0.5) is 0 Å². The first-order valence-electron chi connectivity index (χ1n) is 13.4. The van der Waals surface area contributed by atoms with E-state index in [0.29, 0.717) is 17.4 Å². The molecule has 0 bridgehead atoms. The fourth-order valence-electron chi connectivity index (χ4n) is 8.42. The van der Waals surface area contributed by atoms with Crippen molar-refractivity contribution in [1.29, 1.82) is 0 Å². The van der Waals surface area contributed by atoms with Crippen LogP contribution in [0.5, 0.6) is 0 Å². The Morgan fingerprint density at radius 3 is 2.38 bits per heavy atom. The maximum Gasteiger partial charge on any atom is 0.192 e. The molecule has 4 aliphatic carbocycles. The van der Waals surface area contributed by atoms with E-state index in [-0.39, 0.29) is 10.5 Å². The predicted octanol–water partition coefficient (Wildman–Crippen LogP) is 7.89. The Morgan fingerprint density at radius 1 is 1.06 bits per heavy atom. The molecule has 0 heterocycles. The maximum absolute atomic E-state index is 11.1. The molecule has 3 saturated carbocycles. The van der Waals surface area contributed by atoms with Gasteiger partial charge in [-0.1, -0.05) is 52.3 Å². The van der Waals surface area contributed by atoms with E-state index in [1.165, 1.54) is 38.5 Å². The molecule has 32 heavy (non-hydrogen) atoms. The molecule has 182 valence electrons. The molecule has 0 unspecified atom stereocenters. The van der Waals surface area contributed by atoms with Gasteiger partial charge in [0.2, 0.25) is 0 Å². The van der Waals surface area contributed by atoms with E-state index in [1.807, 2.05) is 6.92 Å². The molecule has 3 heteroatoms. The van der Waals surface area contributed by atoms with Crippen LogP contribution in [-0.2, 0) is 4.43 Å². The van der Waals surface area contributed by atoms with Gasteiger partial charge in [0.15, 0.2) is 8.32 Å². The smallest absolute Gasteiger partial charge is 0.192 e. The van der Waals surface area contributed by atoms with Crippen LogP contribution < -0.4 is 0 Å². The van der Waals surface area contributed by atoms with Gasteiger partial charge in [-0.2, -0.15) is 0 Å². The monoisotopic (exact) mass is 458 g/mol. The molecule has 0 amide bonds. The van der Waals surface area contributed by atoms with Crippen LogP contribution in [0.2, 0.25) is 18.1 Å². The average molecular weight is 459 g/mol. The van der Waals surface area contributed by atoms with Crippen LogP contribution in [-0.4, -0.2) is 25.1 Å². The molecule has 0 aromatic carbocycles. The molecule has 8 atom stereocenters. The number of fused-ring (bicyclic) bond motifs is 5. The van der Waals surface area contributed by atoms with Gasteiger partial charge in [0.1, 0.15) is 0 Å². The molecule has 2 nitrogen and oxygen atoms in total. The summed E-state index contributed by atoms with van der Waals surface area (Å²) in [5.41, 5.74) is 1.58. The standard InChI is InChI=1S/C29H50O2Si/c1-10-29(7,30)25-14-13-23-22-12-11-20-19-21(31-32(8,9)26(2,3)4)15-17-27(20,5)24(22)16-18-28(23,25)6/h10-11,21-25,30H,1,12-19H2,2-9H3/t21-,22-,23-,24-,25-,27-,28-,29-/m0/s1. The zero-order chi connectivity index (χ0) is 23.7. The van der Waals surface area contributed by atoms with Crippen molar-refractivity contribution in [2.24, 2.45) is 34.5 Å². The van der Waals surface area contributed by atoms with E-state index in [9.17, 15) is 5.11 Å². The van der Waals surface area contributed by atoms with Gasteiger partial charge in [0, 0.05) is 6.10 Å². The summed E-state index contributed by atoms with van der Waals surface area (Å²) in [5, 5.41) is 11.4. The summed E-state index contributed by atoms with van der Waals surface area (Å²) in [4.78, 5) is 0. The number of aliphatic hydroxyl groups is 1. The lowest BCUT2D eigenvalue weighted by Gasteiger charge is -2.59. The van der Waals surface area contributed by atoms with Crippen molar-refractivity contribution >= 4 is 8.32 Å². The van der Waals surface area contributed by atoms with Crippen molar-refractivity contribution in [2.75, 3.05) is 0 Å². The second kappa shape index (κ2) is 7.82. The first kappa shape index (κ1) is 24.7. The second-order valence-corrected chi connectivity index (χ2v) is 18.9. The van der Waals surface area contributed by atoms with Crippen molar-refractivity contribution in [1.82, 2.24) is 0 Å². The SMILES string of the molecule is C=C[C@](C)(O)[C@H]1CC[C@H]2[C@@H]3CC=C4C[C@@H](O[Si](C)(C)C(C)(C)C)CC[C@]4(C)[C@H]3CC[C@@]21C. The van der Waals surface area contributed by atoms with E-state index in [4.69, 9.17) is 4.43 Å². The van der Waals surface area contributed by atoms with E-state index in [2.05, 4.69) is 60.4 Å². The topological polar surface area (TPSA) is 29.5 Å². The Kier molecular flexibility index (Phi) is 6.04. The minimum Gasteiger partial charge on any atom is -0.414 e. The number of hydrogen-bond acceptors (Lipinski definition) is 2. The summed E-state index contributed by atoms with van der Waals surface area (Å²) in [7, 11) is -1.72. The lowest BCUT2D eigenvalue weighted by Crippen LogP contribution is -2.53. The van der Waals surface area contributed by atoms with Crippen LogP contribution in [0.15, 0.2) is 24.3 Å². The highest BCUT2D eigenvalue weighted by atomic mass is 28.4. The van der Waals surface area contributed by atoms with E-state index in [1.54, 1.807) is 11.6 Å². The molecule has 0 spiro atoms. The normalized spacial score (nSPS) is 44.0. The average Bonchev–Trinajstić information content (AvgIpc) is 3.05. The van der Waals surface area contributed by atoms with Gasteiger partial charge < -0.3 is 9.53 Å². The molecule has 0 saturated heterocycles. The summed E-state index contributed by atoms with van der Waals surface area (Å²) in [5.74, 6) is 2.69. The van der Waals surface area contributed by atoms with Gasteiger partial charge in [0.05, 0.1) is 5.60 Å². The molecule has 0 aliphatic heterocycles. The highest BCUT2D eigenvalue weighted by Crippen LogP contribution is 2.67. The summed E-state index contributed by atoms with van der Waals surface area (Å²) in [6.07, 6.45) is 14.8. The van der Waals surface area contributed by atoms with Gasteiger partial charge in [0.25, 0.3) is 0 Å². The van der Waals surface area contributed by atoms with Crippen molar-refractivity contribution in [3.8, 4) is 0 Å². The maximum atomic E-state index is 11.1. The van der Waals surface area contributed by atoms with Crippen LogP contribution in [0.3, 0.4) is 0 Å². The molecular weight excluding hydrogens is 408 g/mol. The van der Waals surface area contributed by atoms with E-state index in [0.717, 1.165) is 30.6 Å². The number of rotatable bonds is 4. The minimum absolute atomic E-state index is 0.253. The molecule has 0 aromatic rings. The second-order valence-electron chi connectivity index (χ2n) is 14.1. The molecule has 4 rings (SSSR count). The Morgan fingerprint density at radius 2 is 1.75 bits per heavy atom.